The van der Waals surface area contributed by atoms with Crippen LogP contribution in [0.15, 0.2) is 79.4 Å². The molecule has 0 bridgehead atoms. The summed E-state index contributed by atoms with van der Waals surface area (Å²) in [5.74, 6) is 1.82. The van der Waals surface area contributed by atoms with Gasteiger partial charge in [0.05, 0.1) is 24.8 Å². The molecule has 0 aliphatic carbocycles. The van der Waals surface area contributed by atoms with Gasteiger partial charge in [0.15, 0.2) is 0 Å². The summed E-state index contributed by atoms with van der Waals surface area (Å²) >= 11 is 0. The average molecular weight is 412 g/mol. The van der Waals surface area contributed by atoms with Crippen molar-refractivity contribution in [1.29, 1.82) is 5.26 Å². The molecule has 31 heavy (non-hydrogen) atoms. The molecule has 3 nitrogen and oxygen atoms in total. The van der Waals surface area contributed by atoms with Gasteiger partial charge in [-0.2, -0.15) is 5.26 Å². The van der Waals surface area contributed by atoms with Crippen LogP contribution in [-0.4, -0.2) is 13.2 Å². The molecule has 0 aliphatic rings. The third-order valence-electron chi connectivity index (χ3n) is 5.14. The highest BCUT2D eigenvalue weighted by atomic mass is 16.5. The molecule has 0 spiro atoms. The number of rotatable bonds is 12. The first-order chi connectivity index (χ1) is 15.3. The highest BCUT2D eigenvalue weighted by Crippen LogP contribution is 2.23. The third-order valence-corrected chi connectivity index (χ3v) is 5.14. The lowest BCUT2D eigenvalue weighted by atomic mass is 10.0. The number of nitrogens with zero attached hydrogens (tertiary/aromatic N) is 1. The van der Waals surface area contributed by atoms with E-state index >= 15 is 0 Å². The predicted octanol–water partition coefficient (Wildman–Crippen LogP) is 7.28. The number of hydrogen-bond donors (Lipinski definition) is 0. The summed E-state index contributed by atoms with van der Waals surface area (Å²) < 4.78 is 11.6. The summed E-state index contributed by atoms with van der Waals surface area (Å²) in [6, 6.07) is 25.9. The van der Waals surface area contributed by atoms with E-state index in [1.165, 1.54) is 12.8 Å². The summed E-state index contributed by atoms with van der Waals surface area (Å²) in [6.07, 6.45) is 7.49. The van der Waals surface area contributed by atoms with Crippen molar-refractivity contribution < 1.29 is 9.47 Å². The fourth-order valence-corrected chi connectivity index (χ4v) is 3.30. The zero-order valence-electron chi connectivity index (χ0n) is 17.9. The molecule has 3 aromatic rings. The van der Waals surface area contributed by atoms with Crippen LogP contribution in [0.4, 0.5) is 0 Å². The van der Waals surface area contributed by atoms with Crippen molar-refractivity contribution in [3.8, 4) is 28.7 Å². The Bertz CT molecular complexity index is 968. The smallest absolute Gasteiger partial charge is 0.119 e. The number of benzene rings is 3. The first-order valence-electron chi connectivity index (χ1n) is 10.9. The first kappa shape index (κ1) is 22.2. The Morgan fingerprint density at radius 1 is 0.645 bits per heavy atom. The van der Waals surface area contributed by atoms with Gasteiger partial charge < -0.3 is 9.47 Å². The fourth-order valence-electron chi connectivity index (χ4n) is 3.30. The topological polar surface area (TPSA) is 42.2 Å². The van der Waals surface area contributed by atoms with Crippen LogP contribution in [0.25, 0.3) is 17.2 Å². The van der Waals surface area contributed by atoms with Gasteiger partial charge in [-0.1, -0.05) is 68.3 Å². The van der Waals surface area contributed by atoms with Crippen molar-refractivity contribution in [3.63, 3.8) is 0 Å². The van der Waals surface area contributed by atoms with Gasteiger partial charge in [-0.05, 0) is 65.9 Å². The molecule has 0 unspecified atom stereocenters. The maximum Gasteiger partial charge on any atom is 0.119 e. The van der Waals surface area contributed by atoms with Crippen LogP contribution in [0.3, 0.4) is 0 Å². The van der Waals surface area contributed by atoms with Crippen LogP contribution < -0.4 is 9.47 Å². The maximum absolute atomic E-state index is 8.89. The molecule has 3 aromatic carbocycles. The van der Waals surface area contributed by atoms with E-state index in [9.17, 15) is 0 Å². The van der Waals surface area contributed by atoms with Crippen LogP contribution in [0.1, 0.15) is 43.2 Å². The second kappa shape index (κ2) is 12.2. The lowest BCUT2D eigenvalue weighted by molar-refractivity contribution is 0.293. The van der Waals surface area contributed by atoms with E-state index in [2.05, 4.69) is 24.8 Å². The standard InChI is InChI=1S/C28H29NO2/c1-2-23-10-16-27(17-11-23)30-20-6-4-3-5-7-21-31-28-18-14-26(15-19-28)25-12-8-24(22-29)9-13-25/h2,8-19H,1,3-7,20-21H2. The average Bonchev–Trinajstić information content (AvgIpc) is 2.84. The maximum atomic E-state index is 8.89. The molecule has 158 valence electrons. The zero-order valence-corrected chi connectivity index (χ0v) is 17.9. The Morgan fingerprint density at radius 2 is 1.10 bits per heavy atom. The molecule has 0 fully saturated rings. The molecule has 0 aliphatic heterocycles. The second-order valence-electron chi connectivity index (χ2n) is 7.45. The van der Waals surface area contributed by atoms with Crippen LogP contribution in [0, 0.1) is 11.3 Å². The van der Waals surface area contributed by atoms with E-state index in [1.807, 2.05) is 66.7 Å². The van der Waals surface area contributed by atoms with E-state index in [4.69, 9.17) is 14.7 Å². The van der Waals surface area contributed by atoms with Gasteiger partial charge in [0.2, 0.25) is 0 Å². The summed E-state index contributed by atoms with van der Waals surface area (Å²) in [4.78, 5) is 0. The number of ether oxygens (including phenoxy) is 2. The lowest BCUT2D eigenvalue weighted by Crippen LogP contribution is -1.99. The molecule has 0 radical (unpaired) electrons. The van der Waals surface area contributed by atoms with Crippen LogP contribution in [0.5, 0.6) is 11.5 Å². The zero-order chi connectivity index (χ0) is 21.7. The molecule has 0 heterocycles. The lowest BCUT2D eigenvalue weighted by Gasteiger charge is -2.08. The molecule has 0 amide bonds. The van der Waals surface area contributed by atoms with Crippen molar-refractivity contribution in [1.82, 2.24) is 0 Å². The molecule has 0 N–H and O–H groups in total. The Labute approximate surface area is 185 Å². The SMILES string of the molecule is C=Cc1ccc(OCCCCCCCOc2ccc(-c3ccc(C#N)cc3)cc2)cc1. The molecule has 3 rings (SSSR count). The number of hydrogen-bond acceptors (Lipinski definition) is 3. The molecule has 0 saturated carbocycles. The largest absolute Gasteiger partial charge is 0.494 e. The third kappa shape index (κ3) is 7.35. The summed E-state index contributed by atoms with van der Waals surface area (Å²) in [5.41, 5.74) is 4.01. The van der Waals surface area contributed by atoms with E-state index in [0.29, 0.717) is 5.56 Å². The van der Waals surface area contributed by atoms with E-state index in [-0.39, 0.29) is 0 Å². The quantitative estimate of drug-likeness (QED) is 0.294. The van der Waals surface area contributed by atoms with Crippen molar-refractivity contribution in [2.75, 3.05) is 13.2 Å². The highest BCUT2D eigenvalue weighted by Gasteiger charge is 2.00. The van der Waals surface area contributed by atoms with E-state index in [0.717, 1.165) is 60.7 Å². The molecular weight excluding hydrogens is 382 g/mol. The normalized spacial score (nSPS) is 10.3. The summed E-state index contributed by atoms with van der Waals surface area (Å²) in [6.45, 7) is 5.25. The molecular formula is C28H29NO2. The second-order valence-corrected chi connectivity index (χ2v) is 7.45. The van der Waals surface area contributed by atoms with Gasteiger partial charge in [-0.3, -0.25) is 0 Å². The molecule has 0 atom stereocenters. The monoisotopic (exact) mass is 411 g/mol. The van der Waals surface area contributed by atoms with E-state index in [1.54, 1.807) is 0 Å². The minimum atomic E-state index is 0.676. The summed E-state index contributed by atoms with van der Waals surface area (Å²) in [7, 11) is 0. The first-order valence-corrected chi connectivity index (χ1v) is 10.9. The number of nitriles is 1. The fraction of sp³-hybridized carbons (Fsp3) is 0.250. The Kier molecular flexibility index (Phi) is 8.76. The van der Waals surface area contributed by atoms with Crippen molar-refractivity contribution in [2.24, 2.45) is 0 Å². The van der Waals surface area contributed by atoms with Gasteiger partial charge in [0.25, 0.3) is 0 Å². The van der Waals surface area contributed by atoms with Gasteiger partial charge >= 0.3 is 0 Å². The minimum absolute atomic E-state index is 0.676. The Balaban J connectivity index is 1.25. The van der Waals surface area contributed by atoms with E-state index < -0.39 is 0 Å². The minimum Gasteiger partial charge on any atom is -0.494 e. The molecule has 3 heteroatoms. The number of unbranched alkanes of at least 4 members (excludes halogenated alkanes) is 4. The Hall–Kier alpha value is -3.51. The van der Waals surface area contributed by atoms with Crippen molar-refractivity contribution >= 4 is 6.08 Å². The van der Waals surface area contributed by atoms with Gasteiger partial charge in [0.1, 0.15) is 11.5 Å². The van der Waals surface area contributed by atoms with Gasteiger partial charge in [-0.25, -0.2) is 0 Å². The van der Waals surface area contributed by atoms with Crippen molar-refractivity contribution in [2.45, 2.75) is 32.1 Å². The van der Waals surface area contributed by atoms with Crippen LogP contribution >= 0.6 is 0 Å². The predicted molar refractivity (Wildman–Crippen MR) is 127 cm³/mol. The van der Waals surface area contributed by atoms with Gasteiger partial charge in [0, 0.05) is 0 Å². The Morgan fingerprint density at radius 3 is 1.58 bits per heavy atom. The van der Waals surface area contributed by atoms with Crippen LogP contribution in [0.2, 0.25) is 0 Å². The van der Waals surface area contributed by atoms with Gasteiger partial charge in [-0.15, -0.1) is 0 Å². The van der Waals surface area contributed by atoms with Crippen molar-refractivity contribution in [3.05, 3.63) is 90.5 Å². The molecule has 0 aromatic heterocycles. The molecule has 0 saturated heterocycles. The highest BCUT2D eigenvalue weighted by molar-refractivity contribution is 5.64. The van der Waals surface area contributed by atoms with Crippen LogP contribution in [-0.2, 0) is 0 Å². The summed E-state index contributed by atoms with van der Waals surface area (Å²) in [5, 5.41) is 8.89.